The normalized spacial score (nSPS) is 14.8. The molecule has 1 N–H and O–H groups in total. The van der Waals surface area contributed by atoms with E-state index in [0.29, 0.717) is 10.7 Å². The van der Waals surface area contributed by atoms with Crippen molar-refractivity contribution in [3.8, 4) is 0 Å². The van der Waals surface area contributed by atoms with E-state index in [1.165, 1.54) is 35.8 Å². The second-order valence-electron chi connectivity index (χ2n) is 10.4. The Hall–Kier alpha value is -4.63. The summed E-state index contributed by atoms with van der Waals surface area (Å²) in [5.41, 5.74) is -0.578. The van der Waals surface area contributed by atoms with Gasteiger partial charge in [0.05, 0.1) is 12.0 Å². The molecule has 1 aliphatic rings. The van der Waals surface area contributed by atoms with Crippen molar-refractivity contribution in [2.75, 3.05) is 19.6 Å². The number of hydrogen-bond donors (Lipinski definition) is 1. The third kappa shape index (κ3) is 6.57. The van der Waals surface area contributed by atoms with Crippen LogP contribution in [-0.4, -0.2) is 68.6 Å². The molecule has 1 atom stereocenters. The van der Waals surface area contributed by atoms with Crippen LogP contribution in [0, 0.1) is 19.7 Å². The smallest absolute Gasteiger partial charge is 0.337 e. The number of hydrogen-bond acceptors (Lipinski definition) is 8. The maximum Gasteiger partial charge on any atom is 0.498 e. The van der Waals surface area contributed by atoms with Crippen molar-refractivity contribution in [1.82, 2.24) is 25.0 Å². The molecule has 0 aliphatic carbocycles. The fourth-order valence-electron chi connectivity index (χ4n) is 4.46. The van der Waals surface area contributed by atoms with E-state index in [-0.39, 0.29) is 65.8 Å². The Balaban J connectivity index is 1.54. The molecule has 3 aromatic rings. The number of piperazine rings is 1. The molecule has 16 heteroatoms. The lowest BCUT2D eigenvalue weighted by Crippen LogP contribution is -2.58. The summed E-state index contributed by atoms with van der Waals surface area (Å²) in [7, 11) is 0. The summed E-state index contributed by atoms with van der Waals surface area (Å²) in [5, 5.41) is 5.97. The highest BCUT2D eigenvalue weighted by atomic mass is 19.4. The zero-order valence-corrected chi connectivity index (χ0v) is 23.9. The molecule has 1 saturated heterocycles. The second-order valence-corrected chi connectivity index (χ2v) is 10.4. The van der Waals surface area contributed by atoms with Gasteiger partial charge < -0.3 is 14.3 Å². The van der Waals surface area contributed by atoms with Crippen LogP contribution in [-0.2, 0) is 16.0 Å². The third-order valence-corrected chi connectivity index (χ3v) is 7.17. The SMILES string of the molecule is Cc1c(C)c(=O)[nH][n+](OC(=O)C(F)(F)F)c1Cc1ccc(F)c(C(=O)N2CCN(C(C)c3nc(C(C)C)no3)C(=O)C2)c1. The van der Waals surface area contributed by atoms with Gasteiger partial charge in [0.1, 0.15) is 23.2 Å². The fraction of sp³-hybridized carbons (Fsp3) is 0.444. The molecule has 0 saturated carbocycles. The molecule has 1 unspecified atom stereocenters. The molecule has 0 bridgehead atoms. The Morgan fingerprint density at radius 2 is 1.84 bits per heavy atom. The lowest BCUT2D eigenvalue weighted by atomic mass is 10.0. The minimum absolute atomic E-state index is 0.0257. The predicted molar refractivity (Wildman–Crippen MR) is 138 cm³/mol. The van der Waals surface area contributed by atoms with Crippen LogP contribution in [0.3, 0.4) is 0 Å². The van der Waals surface area contributed by atoms with Crippen molar-refractivity contribution < 1.29 is 46.2 Å². The molecule has 43 heavy (non-hydrogen) atoms. The van der Waals surface area contributed by atoms with Crippen LogP contribution in [0.4, 0.5) is 17.6 Å². The molecule has 0 radical (unpaired) electrons. The van der Waals surface area contributed by atoms with Gasteiger partial charge >= 0.3 is 17.7 Å². The largest absolute Gasteiger partial charge is 0.498 e. The number of benzene rings is 1. The highest BCUT2D eigenvalue weighted by molar-refractivity contribution is 5.97. The lowest BCUT2D eigenvalue weighted by molar-refractivity contribution is -0.921. The molecule has 1 fully saturated rings. The van der Waals surface area contributed by atoms with Gasteiger partial charge in [-0.2, -0.15) is 23.0 Å². The molecule has 4 rings (SSSR count). The molecule has 1 aromatic carbocycles. The summed E-state index contributed by atoms with van der Waals surface area (Å²) in [5.74, 6) is -3.86. The van der Waals surface area contributed by atoms with Crippen molar-refractivity contribution in [3.05, 3.63) is 74.0 Å². The number of nitrogens with one attached hydrogen (secondary N) is 1. The van der Waals surface area contributed by atoms with Gasteiger partial charge in [0, 0.05) is 30.1 Å². The van der Waals surface area contributed by atoms with Crippen LogP contribution < -0.4 is 15.2 Å². The number of halogens is 4. The van der Waals surface area contributed by atoms with Gasteiger partial charge in [-0.1, -0.05) is 30.2 Å². The highest BCUT2D eigenvalue weighted by Crippen LogP contribution is 2.24. The number of nitrogens with zero attached hydrogens (tertiary/aromatic N) is 5. The predicted octanol–water partition coefficient (Wildman–Crippen LogP) is 2.08. The Morgan fingerprint density at radius 3 is 2.44 bits per heavy atom. The van der Waals surface area contributed by atoms with Gasteiger partial charge in [0.2, 0.25) is 11.8 Å². The number of H-pyrrole nitrogens is 1. The molecular weight excluding hydrogens is 580 g/mol. The zero-order valence-electron chi connectivity index (χ0n) is 23.9. The average molecular weight is 610 g/mol. The van der Waals surface area contributed by atoms with E-state index in [2.05, 4.69) is 20.1 Å². The summed E-state index contributed by atoms with van der Waals surface area (Å²) in [4.78, 5) is 61.6. The van der Waals surface area contributed by atoms with E-state index in [4.69, 9.17) is 4.52 Å². The molecule has 1 aliphatic heterocycles. The van der Waals surface area contributed by atoms with Crippen LogP contribution in [0.5, 0.6) is 0 Å². The Labute approximate surface area is 242 Å². The topological polar surface area (TPSA) is 143 Å². The van der Waals surface area contributed by atoms with Crippen molar-refractivity contribution in [3.63, 3.8) is 0 Å². The van der Waals surface area contributed by atoms with E-state index in [9.17, 15) is 36.7 Å². The minimum Gasteiger partial charge on any atom is -0.337 e. The highest BCUT2D eigenvalue weighted by Gasteiger charge is 2.46. The molecule has 2 amide bonds. The van der Waals surface area contributed by atoms with E-state index >= 15 is 0 Å². The van der Waals surface area contributed by atoms with Crippen LogP contribution >= 0.6 is 0 Å². The molecule has 230 valence electrons. The summed E-state index contributed by atoms with van der Waals surface area (Å²) in [6.45, 7) is 8.23. The van der Waals surface area contributed by atoms with Gasteiger partial charge in [0.25, 0.3) is 11.6 Å². The van der Waals surface area contributed by atoms with Gasteiger partial charge in [-0.15, -0.1) is 0 Å². The van der Waals surface area contributed by atoms with Gasteiger partial charge in [-0.05, 0) is 38.5 Å². The first-order chi connectivity index (χ1) is 20.1. The third-order valence-electron chi connectivity index (χ3n) is 7.17. The first-order valence-electron chi connectivity index (χ1n) is 13.2. The van der Waals surface area contributed by atoms with E-state index < -0.39 is 41.4 Å². The number of rotatable bonds is 7. The lowest BCUT2D eigenvalue weighted by Gasteiger charge is -2.36. The van der Waals surface area contributed by atoms with Crippen molar-refractivity contribution >= 4 is 17.8 Å². The van der Waals surface area contributed by atoms with Crippen molar-refractivity contribution in [2.24, 2.45) is 0 Å². The zero-order chi connectivity index (χ0) is 31.8. The second kappa shape index (κ2) is 11.9. The number of alkyl halides is 3. The summed E-state index contributed by atoms with van der Waals surface area (Å²) in [6, 6.07) is 2.94. The number of aromatic amines is 1. The van der Waals surface area contributed by atoms with Crippen LogP contribution in [0.2, 0.25) is 0 Å². The quantitative estimate of drug-likeness (QED) is 0.317. The van der Waals surface area contributed by atoms with Crippen LogP contribution in [0.15, 0.2) is 27.5 Å². The van der Waals surface area contributed by atoms with Gasteiger partial charge in [0.15, 0.2) is 5.82 Å². The Kier molecular flexibility index (Phi) is 8.69. The van der Waals surface area contributed by atoms with Crippen LogP contribution in [0.1, 0.15) is 77.2 Å². The van der Waals surface area contributed by atoms with Crippen molar-refractivity contribution in [1.29, 1.82) is 0 Å². The molecule has 0 spiro atoms. The summed E-state index contributed by atoms with van der Waals surface area (Å²) >= 11 is 0. The van der Waals surface area contributed by atoms with E-state index in [1.807, 2.05) is 13.8 Å². The first kappa shape index (κ1) is 31.3. The first-order valence-corrected chi connectivity index (χ1v) is 13.2. The maximum absolute atomic E-state index is 14.9. The number of carbonyl (C=O) groups is 3. The summed E-state index contributed by atoms with van der Waals surface area (Å²) < 4.78 is 58.7. The number of amides is 2. The average Bonchev–Trinajstić information content (AvgIpc) is 3.44. The maximum atomic E-state index is 14.9. The summed E-state index contributed by atoms with van der Waals surface area (Å²) in [6.07, 6.45) is -5.58. The standard InChI is InChI=1S/C27H28F4N6O6/c1-13(2)22-32-24(42-34-22)16(5)36-9-8-35(12-21(36)38)25(40)18-10-17(6-7-19(18)28)11-20-14(3)15(4)23(39)33-37(20)43-26(41)27(29,30)31/h6-7,10,13,16H,8-9,11-12H2,1-5H3/p+1. The van der Waals surface area contributed by atoms with E-state index in [1.54, 1.807) is 6.92 Å². The van der Waals surface area contributed by atoms with Gasteiger partial charge in [-0.3, -0.25) is 14.4 Å². The minimum atomic E-state index is -5.34. The number of carbonyl (C=O) groups excluding carboxylic acids is 3. The molecule has 2 aromatic heterocycles. The van der Waals surface area contributed by atoms with Crippen molar-refractivity contribution in [2.45, 2.75) is 59.2 Å². The molecule has 12 nitrogen and oxygen atoms in total. The molecular formula is C27H29F4N6O6+. The monoisotopic (exact) mass is 609 g/mol. The molecule has 3 heterocycles. The van der Waals surface area contributed by atoms with Crippen LogP contribution in [0.25, 0.3) is 0 Å². The number of aromatic nitrogens is 4. The van der Waals surface area contributed by atoms with E-state index in [0.717, 1.165) is 6.07 Å². The Bertz CT molecular complexity index is 1630. The fourth-order valence-corrected chi connectivity index (χ4v) is 4.46. The van der Waals surface area contributed by atoms with Gasteiger partial charge in [-0.25, -0.2) is 9.18 Å². The Morgan fingerprint density at radius 1 is 1.14 bits per heavy atom.